The molecular formula is C15H17NO5. The Hall–Kier alpha value is -2.37. The van der Waals surface area contributed by atoms with E-state index in [4.69, 9.17) is 4.74 Å². The van der Waals surface area contributed by atoms with Crippen molar-refractivity contribution in [3.63, 3.8) is 0 Å². The number of ether oxygens (including phenoxy) is 2. The van der Waals surface area contributed by atoms with E-state index in [9.17, 15) is 14.4 Å². The third-order valence-electron chi connectivity index (χ3n) is 3.38. The first kappa shape index (κ1) is 15.0. The van der Waals surface area contributed by atoms with Crippen LogP contribution in [0, 0.1) is 0 Å². The number of amides is 1. The van der Waals surface area contributed by atoms with E-state index < -0.39 is 18.0 Å². The van der Waals surface area contributed by atoms with Crippen molar-refractivity contribution in [3.05, 3.63) is 35.9 Å². The van der Waals surface area contributed by atoms with Gasteiger partial charge >= 0.3 is 11.9 Å². The molecule has 21 heavy (non-hydrogen) atoms. The van der Waals surface area contributed by atoms with E-state index in [1.165, 1.54) is 12.0 Å². The average Bonchev–Trinajstić information content (AvgIpc) is 3.02. The van der Waals surface area contributed by atoms with E-state index in [1.54, 1.807) is 30.3 Å². The third kappa shape index (κ3) is 3.59. The molecule has 0 aliphatic carbocycles. The molecule has 1 aliphatic rings. The van der Waals surface area contributed by atoms with Crippen molar-refractivity contribution in [3.8, 4) is 0 Å². The maximum absolute atomic E-state index is 12.1. The zero-order chi connectivity index (χ0) is 15.2. The van der Waals surface area contributed by atoms with Gasteiger partial charge in [0, 0.05) is 6.54 Å². The normalized spacial score (nSPS) is 17.4. The first-order valence-corrected chi connectivity index (χ1v) is 6.73. The van der Waals surface area contributed by atoms with E-state index in [-0.39, 0.29) is 12.5 Å². The highest BCUT2D eigenvalue weighted by atomic mass is 16.5. The predicted molar refractivity (Wildman–Crippen MR) is 73.5 cm³/mol. The molecule has 0 bridgehead atoms. The highest BCUT2D eigenvalue weighted by molar-refractivity contribution is 5.92. The molecule has 1 amide bonds. The molecule has 1 fully saturated rings. The van der Waals surface area contributed by atoms with Gasteiger partial charge < -0.3 is 14.4 Å². The van der Waals surface area contributed by atoms with Crippen molar-refractivity contribution >= 4 is 17.8 Å². The number of hydrogen-bond donors (Lipinski definition) is 0. The summed E-state index contributed by atoms with van der Waals surface area (Å²) < 4.78 is 9.65. The first-order valence-electron chi connectivity index (χ1n) is 6.73. The molecule has 112 valence electrons. The smallest absolute Gasteiger partial charge is 0.338 e. The Balaban J connectivity index is 1.90. The topological polar surface area (TPSA) is 72.9 Å². The van der Waals surface area contributed by atoms with Gasteiger partial charge in [0.2, 0.25) is 0 Å². The first-order chi connectivity index (χ1) is 10.1. The Labute approximate surface area is 122 Å². The standard InChI is InChI=1S/C15H17NO5/c1-20-15(19)12-8-5-9-16(12)13(17)10-21-14(18)11-6-3-2-4-7-11/h2-4,6-7,12H,5,8-10H2,1H3/t12-/m0/s1. The van der Waals surface area contributed by atoms with Crippen molar-refractivity contribution in [2.75, 3.05) is 20.3 Å². The molecule has 1 aromatic rings. The highest BCUT2D eigenvalue weighted by Gasteiger charge is 2.35. The lowest BCUT2D eigenvalue weighted by Crippen LogP contribution is -2.43. The van der Waals surface area contributed by atoms with E-state index >= 15 is 0 Å². The minimum Gasteiger partial charge on any atom is -0.467 e. The molecule has 2 rings (SSSR count). The Morgan fingerprint density at radius 3 is 2.62 bits per heavy atom. The molecular weight excluding hydrogens is 274 g/mol. The fourth-order valence-corrected chi connectivity index (χ4v) is 2.31. The number of esters is 2. The maximum atomic E-state index is 12.1. The Bertz CT molecular complexity index is 528. The summed E-state index contributed by atoms with van der Waals surface area (Å²) >= 11 is 0. The Morgan fingerprint density at radius 1 is 1.24 bits per heavy atom. The largest absolute Gasteiger partial charge is 0.467 e. The summed E-state index contributed by atoms with van der Waals surface area (Å²) in [6.45, 7) is 0.0999. The van der Waals surface area contributed by atoms with Crippen molar-refractivity contribution in [2.24, 2.45) is 0 Å². The number of likely N-dealkylation sites (tertiary alicyclic amines) is 1. The maximum Gasteiger partial charge on any atom is 0.338 e. The summed E-state index contributed by atoms with van der Waals surface area (Å²) in [5, 5.41) is 0. The summed E-state index contributed by atoms with van der Waals surface area (Å²) in [7, 11) is 1.29. The summed E-state index contributed by atoms with van der Waals surface area (Å²) in [5.74, 6) is -1.37. The molecule has 1 atom stereocenters. The van der Waals surface area contributed by atoms with Gasteiger partial charge in [-0.25, -0.2) is 9.59 Å². The molecule has 1 saturated heterocycles. The lowest BCUT2D eigenvalue weighted by molar-refractivity contribution is -0.151. The van der Waals surface area contributed by atoms with Gasteiger partial charge in [-0.15, -0.1) is 0 Å². The van der Waals surface area contributed by atoms with Gasteiger partial charge in [0.25, 0.3) is 5.91 Å². The molecule has 0 N–H and O–H groups in total. The zero-order valence-electron chi connectivity index (χ0n) is 11.8. The summed E-state index contributed by atoms with van der Waals surface area (Å²) in [6, 6.07) is 7.86. The quantitative estimate of drug-likeness (QED) is 0.774. The van der Waals surface area contributed by atoms with Gasteiger partial charge in [0.15, 0.2) is 6.61 Å². The van der Waals surface area contributed by atoms with E-state index in [0.29, 0.717) is 18.5 Å². The van der Waals surface area contributed by atoms with Crippen LogP contribution in [0.4, 0.5) is 0 Å². The van der Waals surface area contributed by atoms with Gasteiger partial charge in [-0.2, -0.15) is 0 Å². The second-order valence-electron chi connectivity index (χ2n) is 4.71. The lowest BCUT2D eigenvalue weighted by atomic mass is 10.2. The molecule has 1 aromatic carbocycles. The van der Waals surface area contributed by atoms with Gasteiger partial charge in [0.05, 0.1) is 12.7 Å². The number of nitrogens with zero attached hydrogens (tertiary/aromatic N) is 1. The van der Waals surface area contributed by atoms with Crippen LogP contribution in [0.2, 0.25) is 0 Å². The SMILES string of the molecule is COC(=O)[C@@H]1CCCN1C(=O)COC(=O)c1ccccc1. The molecule has 0 aromatic heterocycles. The van der Waals surface area contributed by atoms with Gasteiger partial charge in [-0.3, -0.25) is 4.79 Å². The van der Waals surface area contributed by atoms with Crippen LogP contribution in [0.15, 0.2) is 30.3 Å². The second-order valence-corrected chi connectivity index (χ2v) is 4.71. The minimum atomic E-state index is -0.571. The molecule has 0 unspecified atom stereocenters. The number of rotatable bonds is 4. The molecule has 1 heterocycles. The number of hydrogen-bond acceptors (Lipinski definition) is 5. The molecule has 0 spiro atoms. The third-order valence-corrected chi connectivity index (χ3v) is 3.38. The van der Waals surface area contributed by atoms with Crippen LogP contribution in [-0.2, 0) is 19.1 Å². The predicted octanol–water partition coefficient (Wildman–Crippen LogP) is 1.01. The van der Waals surface area contributed by atoms with Crippen LogP contribution in [0.5, 0.6) is 0 Å². The van der Waals surface area contributed by atoms with Crippen LogP contribution in [0.25, 0.3) is 0 Å². The number of methoxy groups -OCH3 is 1. The van der Waals surface area contributed by atoms with E-state index in [2.05, 4.69) is 4.74 Å². The lowest BCUT2D eigenvalue weighted by Gasteiger charge is -2.22. The van der Waals surface area contributed by atoms with Crippen LogP contribution in [0.3, 0.4) is 0 Å². The molecule has 6 heteroatoms. The fraction of sp³-hybridized carbons (Fsp3) is 0.400. The fourth-order valence-electron chi connectivity index (χ4n) is 2.31. The van der Waals surface area contributed by atoms with Crippen LogP contribution < -0.4 is 0 Å². The summed E-state index contributed by atoms with van der Waals surface area (Å²) in [5.41, 5.74) is 0.385. The number of carbonyl (C=O) groups excluding carboxylic acids is 3. The monoisotopic (exact) mass is 291 g/mol. The van der Waals surface area contributed by atoms with E-state index in [1.807, 2.05) is 0 Å². The van der Waals surface area contributed by atoms with E-state index in [0.717, 1.165) is 6.42 Å². The highest BCUT2D eigenvalue weighted by Crippen LogP contribution is 2.18. The number of carbonyl (C=O) groups is 3. The van der Waals surface area contributed by atoms with Crippen LogP contribution in [0.1, 0.15) is 23.2 Å². The second kappa shape index (κ2) is 6.88. The van der Waals surface area contributed by atoms with Crippen molar-refractivity contribution in [1.29, 1.82) is 0 Å². The zero-order valence-corrected chi connectivity index (χ0v) is 11.8. The average molecular weight is 291 g/mol. The van der Waals surface area contributed by atoms with Crippen LogP contribution in [-0.4, -0.2) is 49.0 Å². The van der Waals surface area contributed by atoms with Crippen molar-refractivity contribution in [1.82, 2.24) is 4.90 Å². The van der Waals surface area contributed by atoms with Crippen LogP contribution >= 0.6 is 0 Å². The van der Waals surface area contributed by atoms with Gasteiger partial charge in [0.1, 0.15) is 6.04 Å². The number of benzene rings is 1. The van der Waals surface area contributed by atoms with Crippen molar-refractivity contribution < 1.29 is 23.9 Å². The Morgan fingerprint density at radius 2 is 1.95 bits per heavy atom. The molecule has 6 nitrogen and oxygen atoms in total. The molecule has 1 aliphatic heterocycles. The van der Waals surface area contributed by atoms with Gasteiger partial charge in [-0.1, -0.05) is 18.2 Å². The minimum absolute atomic E-state index is 0.374. The Kier molecular flexibility index (Phi) is 4.92. The molecule has 0 saturated carbocycles. The summed E-state index contributed by atoms with van der Waals surface area (Å²) in [6.07, 6.45) is 1.31. The van der Waals surface area contributed by atoms with Gasteiger partial charge in [-0.05, 0) is 25.0 Å². The molecule has 0 radical (unpaired) electrons. The van der Waals surface area contributed by atoms with Crippen molar-refractivity contribution in [2.45, 2.75) is 18.9 Å². The summed E-state index contributed by atoms with van der Waals surface area (Å²) in [4.78, 5) is 36.8.